The van der Waals surface area contributed by atoms with Crippen molar-refractivity contribution in [3.8, 4) is 0 Å². The molecule has 0 atom stereocenters. The highest BCUT2D eigenvalue weighted by molar-refractivity contribution is 7.89. The van der Waals surface area contributed by atoms with Crippen molar-refractivity contribution < 1.29 is 18.0 Å². The lowest BCUT2D eigenvalue weighted by molar-refractivity contribution is -0.125. The molecule has 4 rings (SSSR count). The molecule has 1 aromatic rings. The molecule has 1 aliphatic carbocycles. The van der Waals surface area contributed by atoms with E-state index in [4.69, 9.17) is 16.6 Å². The summed E-state index contributed by atoms with van der Waals surface area (Å²) >= 11 is 6.28. The Balaban J connectivity index is 1.36. The summed E-state index contributed by atoms with van der Waals surface area (Å²) in [5, 5.41) is 6.11. The van der Waals surface area contributed by atoms with Crippen molar-refractivity contribution in [2.45, 2.75) is 77.7 Å². The number of anilines is 1. The number of aliphatic imine (C=N–C) groups is 1. The number of hydrogen-bond acceptors (Lipinski definition) is 5. The number of nitrogens with one attached hydrogen (secondary N) is 2. The molecule has 1 saturated heterocycles. The van der Waals surface area contributed by atoms with Crippen molar-refractivity contribution >= 4 is 45.0 Å². The molecule has 2 heterocycles. The third-order valence-corrected chi connectivity index (χ3v) is 10.3. The zero-order chi connectivity index (χ0) is 26.1. The van der Waals surface area contributed by atoms with E-state index in [2.05, 4.69) is 17.6 Å². The van der Waals surface area contributed by atoms with Crippen LogP contribution in [0.25, 0.3) is 0 Å². The second-order valence-electron chi connectivity index (χ2n) is 10.5. The molecule has 0 bridgehead atoms. The van der Waals surface area contributed by atoms with E-state index < -0.39 is 15.6 Å². The molecule has 1 spiro atoms. The van der Waals surface area contributed by atoms with Crippen molar-refractivity contribution in [2.24, 2.45) is 16.8 Å². The third kappa shape index (κ3) is 5.78. The number of nitrogens with zero attached hydrogens (tertiary/aromatic N) is 2. The number of piperidine rings is 1. The minimum Gasteiger partial charge on any atom is -0.325 e. The van der Waals surface area contributed by atoms with Gasteiger partial charge in [0.05, 0.1) is 16.5 Å². The maximum atomic E-state index is 13.1. The first-order valence-electron chi connectivity index (χ1n) is 13.0. The highest BCUT2D eigenvalue weighted by atomic mass is 35.5. The van der Waals surface area contributed by atoms with Gasteiger partial charge in [0, 0.05) is 25.9 Å². The van der Waals surface area contributed by atoms with Crippen molar-refractivity contribution in [3.05, 3.63) is 28.3 Å². The number of sulfonamides is 1. The highest BCUT2D eigenvalue weighted by Crippen LogP contribution is 2.37. The van der Waals surface area contributed by atoms with Crippen molar-refractivity contribution in [3.63, 3.8) is 0 Å². The van der Waals surface area contributed by atoms with Crippen molar-refractivity contribution in [1.82, 2.24) is 9.62 Å². The fraction of sp³-hybridized carbons (Fsp3) is 0.654. The number of amidine groups is 1. The summed E-state index contributed by atoms with van der Waals surface area (Å²) in [6, 6.07) is 3.48. The summed E-state index contributed by atoms with van der Waals surface area (Å²) in [7, 11) is -3.51. The summed E-state index contributed by atoms with van der Waals surface area (Å²) in [6.45, 7) is 6.09. The standard InChI is InChI=1S/C26H37ClN4O4S/c1-4-19-5-7-20(8-6-19)24-29-25(33)26(30-24)10-12-31(13-11-26)36(34,35)14-9-21-16-22(27)23(15-17(21)2)28-18(3)32/h15-16,19-20H,4-14H2,1-3H3,(H,28,32)(H,29,30,33)/t19-,20-. The molecule has 8 nitrogen and oxygen atoms in total. The summed E-state index contributed by atoms with van der Waals surface area (Å²) < 4.78 is 27.7. The van der Waals surface area contributed by atoms with Gasteiger partial charge in [-0.05, 0) is 81.0 Å². The number of amides is 2. The molecule has 2 N–H and O–H groups in total. The first kappa shape index (κ1) is 27.1. The summed E-state index contributed by atoms with van der Waals surface area (Å²) in [6.07, 6.45) is 6.80. The lowest BCUT2D eigenvalue weighted by atomic mass is 9.80. The molecule has 36 heavy (non-hydrogen) atoms. The zero-order valence-corrected chi connectivity index (χ0v) is 23.0. The topological polar surface area (TPSA) is 108 Å². The Hall–Kier alpha value is -1.97. The van der Waals surface area contributed by atoms with Crippen LogP contribution in [0.2, 0.25) is 5.02 Å². The number of aryl methyl sites for hydroxylation is 2. The largest absolute Gasteiger partial charge is 0.325 e. The van der Waals surface area contributed by atoms with E-state index in [0.29, 0.717) is 35.9 Å². The Labute approximate surface area is 219 Å². The molecule has 1 saturated carbocycles. The van der Waals surface area contributed by atoms with Gasteiger partial charge in [-0.2, -0.15) is 0 Å². The molecular formula is C26H37ClN4O4S. The second-order valence-corrected chi connectivity index (χ2v) is 13.0. The van der Waals surface area contributed by atoms with Gasteiger partial charge >= 0.3 is 0 Å². The van der Waals surface area contributed by atoms with Crippen LogP contribution in [0.3, 0.4) is 0 Å². The van der Waals surface area contributed by atoms with Gasteiger partial charge in [0.25, 0.3) is 5.91 Å². The minimum atomic E-state index is -3.51. The van der Waals surface area contributed by atoms with Crippen LogP contribution in [0.4, 0.5) is 5.69 Å². The van der Waals surface area contributed by atoms with Gasteiger partial charge in [-0.1, -0.05) is 24.9 Å². The van der Waals surface area contributed by atoms with Crippen LogP contribution in [0, 0.1) is 18.8 Å². The third-order valence-electron chi connectivity index (χ3n) is 8.12. The number of halogens is 1. The fourth-order valence-corrected chi connectivity index (χ4v) is 7.41. The normalized spacial score (nSPS) is 24.4. The predicted octanol–water partition coefficient (Wildman–Crippen LogP) is 4.06. The first-order valence-corrected chi connectivity index (χ1v) is 15.0. The van der Waals surface area contributed by atoms with Crippen molar-refractivity contribution in [2.75, 3.05) is 24.2 Å². The van der Waals surface area contributed by atoms with Gasteiger partial charge in [-0.15, -0.1) is 0 Å². The van der Waals surface area contributed by atoms with E-state index in [1.165, 1.54) is 30.5 Å². The van der Waals surface area contributed by atoms with Gasteiger partial charge in [0.15, 0.2) is 0 Å². The number of hydrogen-bond donors (Lipinski definition) is 2. The Bertz CT molecular complexity index is 1150. The number of rotatable bonds is 7. The molecule has 1 aromatic carbocycles. The Morgan fingerprint density at radius 3 is 2.50 bits per heavy atom. The predicted molar refractivity (Wildman–Crippen MR) is 143 cm³/mol. The summed E-state index contributed by atoms with van der Waals surface area (Å²) in [5.41, 5.74) is 1.39. The van der Waals surface area contributed by atoms with Gasteiger partial charge in [0.1, 0.15) is 11.4 Å². The van der Waals surface area contributed by atoms with Crippen LogP contribution >= 0.6 is 11.6 Å². The van der Waals surface area contributed by atoms with Crippen LogP contribution in [0.1, 0.15) is 69.9 Å². The highest BCUT2D eigenvalue weighted by Gasteiger charge is 2.48. The molecule has 10 heteroatoms. The van der Waals surface area contributed by atoms with Crippen LogP contribution in [0.15, 0.2) is 17.1 Å². The molecule has 0 unspecified atom stereocenters. The Morgan fingerprint density at radius 1 is 1.22 bits per heavy atom. The van der Waals surface area contributed by atoms with E-state index in [-0.39, 0.29) is 30.7 Å². The smallest absolute Gasteiger partial charge is 0.253 e. The Kier molecular flexibility index (Phi) is 8.12. The van der Waals surface area contributed by atoms with Crippen LogP contribution in [0.5, 0.6) is 0 Å². The van der Waals surface area contributed by atoms with E-state index >= 15 is 0 Å². The van der Waals surface area contributed by atoms with Gasteiger partial charge in [-0.3, -0.25) is 14.6 Å². The van der Waals surface area contributed by atoms with E-state index in [1.807, 2.05) is 6.92 Å². The minimum absolute atomic E-state index is 0.0436. The summed E-state index contributed by atoms with van der Waals surface area (Å²) in [4.78, 5) is 29.1. The number of carbonyl (C=O) groups excluding carboxylic acids is 2. The molecule has 2 aliphatic heterocycles. The van der Waals surface area contributed by atoms with Crippen molar-refractivity contribution in [1.29, 1.82) is 0 Å². The first-order chi connectivity index (χ1) is 17.0. The van der Waals surface area contributed by atoms with Crippen LogP contribution < -0.4 is 10.6 Å². The molecule has 2 amide bonds. The SMILES string of the molecule is CC[C@H]1CC[C@H](C2=NC3(CCN(S(=O)(=O)CCc4cc(Cl)c(NC(C)=O)cc4C)CC3)C(=O)N2)CC1. The molecule has 0 radical (unpaired) electrons. The van der Waals surface area contributed by atoms with Crippen LogP contribution in [-0.2, 0) is 26.0 Å². The fourth-order valence-electron chi connectivity index (χ4n) is 5.70. The van der Waals surface area contributed by atoms with E-state index in [9.17, 15) is 18.0 Å². The molecule has 198 valence electrons. The lowest BCUT2D eigenvalue weighted by Crippen LogP contribution is -2.51. The average molecular weight is 537 g/mol. The summed E-state index contributed by atoms with van der Waals surface area (Å²) in [5.74, 6) is 1.57. The lowest BCUT2D eigenvalue weighted by Gasteiger charge is -2.34. The van der Waals surface area contributed by atoms with Crippen LogP contribution in [-0.4, -0.2) is 54.8 Å². The molecule has 2 fully saturated rings. The number of benzene rings is 1. The average Bonchev–Trinajstić information content (AvgIpc) is 3.15. The quantitative estimate of drug-likeness (QED) is 0.547. The maximum Gasteiger partial charge on any atom is 0.253 e. The number of carbonyl (C=O) groups is 2. The molecule has 0 aromatic heterocycles. The molecular weight excluding hydrogens is 500 g/mol. The van der Waals surface area contributed by atoms with Gasteiger partial charge in [0.2, 0.25) is 15.9 Å². The second kappa shape index (κ2) is 10.8. The molecule has 3 aliphatic rings. The monoisotopic (exact) mass is 536 g/mol. The Morgan fingerprint density at radius 2 is 1.89 bits per heavy atom. The van der Waals surface area contributed by atoms with Gasteiger partial charge < -0.3 is 10.6 Å². The maximum absolute atomic E-state index is 13.1. The van der Waals surface area contributed by atoms with Gasteiger partial charge in [-0.25, -0.2) is 12.7 Å². The zero-order valence-electron chi connectivity index (χ0n) is 21.4. The van der Waals surface area contributed by atoms with E-state index in [1.54, 1.807) is 12.1 Å². The van der Waals surface area contributed by atoms with E-state index in [0.717, 1.165) is 35.7 Å².